The van der Waals surface area contributed by atoms with Crippen LogP contribution in [0.3, 0.4) is 0 Å². The number of benzene rings is 1. The Bertz CT molecular complexity index is 554. The molecule has 2 rings (SSSR count). The molecule has 1 fully saturated rings. The van der Waals surface area contributed by atoms with Gasteiger partial charge in [0, 0.05) is 17.6 Å². The van der Waals surface area contributed by atoms with Crippen molar-refractivity contribution in [1.82, 2.24) is 4.90 Å². The Balaban J connectivity index is 1.91. The van der Waals surface area contributed by atoms with E-state index in [1.54, 1.807) is 18.2 Å². The van der Waals surface area contributed by atoms with Gasteiger partial charge in [-0.3, -0.25) is 4.90 Å². The lowest BCUT2D eigenvalue weighted by Gasteiger charge is -2.26. The van der Waals surface area contributed by atoms with Gasteiger partial charge in [0.05, 0.1) is 23.9 Å². The first-order valence-electron chi connectivity index (χ1n) is 6.78. The van der Waals surface area contributed by atoms with Gasteiger partial charge in [-0.25, -0.2) is 8.42 Å². The Hall–Kier alpha value is -0.430. The SMILES string of the molecule is Cc1cc(S(=O)(=O)CCCN2CCOCC2)ccc1Br. The summed E-state index contributed by atoms with van der Waals surface area (Å²) in [6, 6.07) is 5.19. The molecule has 112 valence electrons. The van der Waals surface area contributed by atoms with Gasteiger partial charge in [-0.2, -0.15) is 0 Å². The third-order valence-corrected chi connectivity index (χ3v) is 6.17. The van der Waals surface area contributed by atoms with E-state index >= 15 is 0 Å². The fourth-order valence-corrected chi connectivity index (χ4v) is 3.85. The molecule has 0 radical (unpaired) electrons. The third-order valence-electron chi connectivity index (χ3n) is 3.48. The van der Waals surface area contributed by atoms with Crippen LogP contribution in [0.25, 0.3) is 0 Å². The van der Waals surface area contributed by atoms with Crippen LogP contribution in [0, 0.1) is 6.92 Å². The molecule has 1 aromatic rings. The van der Waals surface area contributed by atoms with Crippen LogP contribution < -0.4 is 0 Å². The monoisotopic (exact) mass is 361 g/mol. The van der Waals surface area contributed by atoms with Crippen LogP contribution in [0.1, 0.15) is 12.0 Å². The molecular weight excluding hydrogens is 342 g/mol. The van der Waals surface area contributed by atoms with E-state index in [9.17, 15) is 8.42 Å². The number of hydrogen-bond donors (Lipinski definition) is 0. The van der Waals surface area contributed by atoms with E-state index in [0.29, 0.717) is 11.3 Å². The van der Waals surface area contributed by atoms with Crippen LogP contribution in [0.4, 0.5) is 0 Å². The summed E-state index contributed by atoms with van der Waals surface area (Å²) in [5, 5.41) is 0. The molecule has 6 heteroatoms. The molecule has 0 saturated carbocycles. The summed E-state index contributed by atoms with van der Waals surface area (Å²) in [4.78, 5) is 2.67. The lowest BCUT2D eigenvalue weighted by Crippen LogP contribution is -2.37. The van der Waals surface area contributed by atoms with Gasteiger partial charge in [0.15, 0.2) is 9.84 Å². The van der Waals surface area contributed by atoms with E-state index in [1.165, 1.54) is 0 Å². The summed E-state index contributed by atoms with van der Waals surface area (Å²) >= 11 is 3.39. The standard InChI is InChI=1S/C14H20BrNO3S/c1-12-11-13(3-4-14(12)15)20(17,18)10-2-5-16-6-8-19-9-7-16/h3-4,11H,2,5-10H2,1H3. The molecule has 1 aliphatic rings. The van der Waals surface area contributed by atoms with Crippen molar-refractivity contribution in [2.75, 3.05) is 38.6 Å². The zero-order chi connectivity index (χ0) is 14.6. The maximum absolute atomic E-state index is 12.3. The lowest BCUT2D eigenvalue weighted by molar-refractivity contribution is 0.0381. The number of ether oxygens (including phenoxy) is 1. The number of sulfone groups is 1. The maximum Gasteiger partial charge on any atom is 0.178 e. The molecule has 1 heterocycles. The zero-order valence-corrected chi connectivity index (χ0v) is 14.0. The van der Waals surface area contributed by atoms with Gasteiger partial charge < -0.3 is 4.74 Å². The van der Waals surface area contributed by atoms with E-state index in [2.05, 4.69) is 20.8 Å². The molecule has 1 saturated heterocycles. The molecule has 0 aromatic heterocycles. The second kappa shape index (κ2) is 7.02. The largest absolute Gasteiger partial charge is 0.379 e. The minimum absolute atomic E-state index is 0.200. The number of nitrogens with zero attached hydrogens (tertiary/aromatic N) is 1. The molecule has 0 spiro atoms. The highest BCUT2D eigenvalue weighted by Crippen LogP contribution is 2.21. The average molecular weight is 362 g/mol. The summed E-state index contributed by atoms with van der Waals surface area (Å²) in [6.45, 7) is 6.02. The Morgan fingerprint density at radius 2 is 2.00 bits per heavy atom. The molecule has 1 aromatic carbocycles. The Labute approximate surface area is 129 Å². The van der Waals surface area contributed by atoms with Crippen LogP contribution in [0.2, 0.25) is 0 Å². The van der Waals surface area contributed by atoms with Gasteiger partial charge in [-0.1, -0.05) is 15.9 Å². The third kappa shape index (κ3) is 4.28. The summed E-state index contributed by atoms with van der Waals surface area (Å²) in [5.74, 6) is 0.200. The molecule has 0 aliphatic carbocycles. The summed E-state index contributed by atoms with van der Waals surface area (Å²) < 4.78 is 30.8. The second-order valence-corrected chi connectivity index (χ2v) is 8.00. The highest BCUT2D eigenvalue weighted by molar-refractivity contribution is 9.10. The van der Waals surface area contributed by atoms with Crippen molar-refractivity contribution in [3.63, 3.8) is 0 Å². The maximum atomic E-state index is 12.3. The molecule has 20 heavy (non-hydrogen) atoms. The van der Waals surface area contributed by atoms with Gasteiger partial charge in [-0.15, -0.1) is 0 Å². The van der Waals surface area contributed by atoms with Crippen LogP contribution in [-0.2, 0) is 14.6 Å². The zero-order valence-electron chi connectivity index (χ0n) is 11.6. The van der Waals surface area contributed by atoms with E-state index in [-0.39, 0.29) is 5.75 Å². The first-order chi connectivity index (χ1) is 9.49. The predicted octanol–water partition coefficient (Wildman–Crippen LogP) is 2.25. The number of hydrogen-bond acceptors (Lipinski definition) is 4. The van der Waals surface area contributed by atoms with Crippen molar-refractivity contribution in [3.05, 3.63) is 28.2 Å². The smallest absolute Gasteiger partial charge is 0.178 e. The number of rotatable bonds is 5. The predicted molar refractivity (Wildman–Crippen MR) is 82.8 cm³/mol. The van der Waals surface area contributed by atoms with Crippen molar-refractivity contribution >= 4 is 25.8 Å². The molecule has 0 N–H and O–H groups in total. The van der Waals surface area contributed by atoms with E-state index in [4.69, 9.17) is 4.74 Å². The van der Waals surface area contributed by atoms with Crippen molar-refractivity contribution in [3.8, 4) is 0 Å². The summed E-state index contributed by atoms with van der Waals surface area (Å²) in [7, 11) is -3.18. The van der Waals surface area contributed by atoms with Gasteiger partial charge in [0.25, 0.3) is 0 Å². The first-order valence-corrected chi connectivity index (χ1v) is 9.22. The fraction of sp³-hybridized carbons (Fsp3) is 0.571. The van der Waals surface area contributed by atoms with E-state index in [1.807, 2.05) is 6.92 Å². The second-order valence-electron chi connectivity index (χ2n) is 5.04. The molecule has 0 bridgehead atoms. The summed E-state index contributed by atoms with van der Waals surface area (Å²) in [6.07, 6.45) is 0.664. The molecule has 0 amide bonds. The molecule has 0 unspecified atom stereocenters. The molecule has 0 atom stereocenters. The minimum atomic E-state index is -3.18. The Kier molecular flexibility index (Phi) is 5.60. The van der Waals surface area contributed by atoms with Gasteiger partial charge in [-0.05, 0) is 43.7 Å². The van der Waals surface area contributed by atoms with Crippen LogP contribution >= 0.6 is 15.9 Å². The molecule has 4 nitrogen and oxygen atoms in total. The van der Waals surface area contributed by atoms with Crippen molar-refractivity contribution in [2.45, 2.75) is 18.2 Å². The van der Waals surface area contributed by atoms with Crippen molar-refractivity contribution in [2.24, 2.45) is 0 Å². The van der Waals surface area contributed by atoms with E-state index < -0.39 is 9.84 Å². The van der Waals surface area contributed by atoms with Crippen LogP contribution in [0.15, 0.2) is 27.6 Å². The van der Waals surface area contributed by atoms with Crippen molar-refractivity contribution < 1.29 is 13.2 Å². The fourth-order valence-electron chi connectivity index (χ4n) is 2.23. The highest BCUT2D eigenvalue weighted by Gasteiger charge is 2.16. The molecule has 1 aliphatic heterocycles. The highest BCUT2D eigenvalue weighted by atomic mass is 79.9. The van der Waals surface area contributed by atoms with Gasteiger partial charge >= 0.3 is 0 Å². The Morgan fingerprint density at radius 3 is 2.65 bits per heavy atom. The quantitative estimate of drug-likeness (QED) is 0.806. The minimum Gasteiger partial charge on any atom is -0.379 e. The van der Waals surface area contributed by atoms with Gasteiger partial charge in [0.1, 0.15) is 0 Å². The number of aryl methyl sites for hydroxylation is 1. The number of morpholine rings is 1. The number of halogens is 1. The average Bonchev–Trinajstić information content (AvgIpc) is 2.43. The molecular formula is C14H20BrNO3S. The topological polar surface area (TPSA) is 46.6 Å². The summed E-state index contributed by atoms with van der Waals surface area (Å²) in [5.41, 5.74) is 0.944. The van der Waals surface area contributed by atoms with E-state index in [0.717, 1.165) is 42.9 Å². The van der Waals surface area contributed by atoms with Crippen LogP contribution in [-0.4, -0.2) is 51.9 Å². The first kappa shape index (κ1) is 15.9. The normalized spacial score (nSPS) is 17.3. The van der Waals surface area contributed by atoms with Gasteiger partial charge in [0.2, 0.25) is 0 Å². The lowest BCUT2D eigenvalue weighted by atomic mass is 10.2. The van der Waals surface area contributed by atoms with Crippen LogP contribution in [0.5, 0.6) is 0 Å². The Morgan fingerprint density at radius 1 is 1.30 bits per heavy atom. The van der Waals surface area contributed by atoms with Crippen molar-refractivity contribution in [1.29, 1.82) is 0 Å².